The Labute approximate surface area is 124 Å². The van der Waals surface area contributed by atoms with Crippen molar-refractivity contribution >= 4 is 17.3 Å². The quantitative estimate of drug-likeness (QED) is 0.637. The van der Waals surface area contributed by atoms with Crippen LogP contribution in [0, 0.1) is 0 Å². The Kier molecular flexibility index (Phi) is 5.03. The van der Waals surface area contributed by atoms with Gasteiger partial charge in [-0.1, -0.05) is 0 Å². The number of nitrogens with zero attached hydrogens (tertiary/aromatic N) is 1. The molecule has 3 N–H and O–H groups in total. The van der Waals surface area contributed by atoms with Crippen LogP contribution in [0.25, 0.3) is 0 Å². The van der Waals surface area contributed by atoms with Gasteiger partial charge >= 0.3 is 5.97 Å². The third kappa shape index (κ3) is 3.65. The van der Waals surface area contributed by atoms with Crippen molar-refractivity contribution in [2.45, 2.75) is 26.1 Å². The van der Waals surface area contributed by atoms with Crippen LogP contribution in [0.15, 0.2) is 18.2 Å². The van der Waals surface area contributed by atoms with Gasteiger partial charge in [-0.3, -0.25) is 0 Å². The van der Waals surface area contributed by atoms with E-state index in [1.165, 1.54) is 0 Å². The molecule has 1 fully saturated rings. The minimum absolute atomic E-state index is 0.0245. The van der Waals surface area contributed by atoms with Crippen LogP contribution in [-0.4, -0.2) is 49.6 Å². The number of hydrogen-bond donors (Lipinski definition) is 2. The number of hydrogen-bond acceptors (Lipinski definition) is 6. The van der Waals surface area contributed by atoms with Gasteiger partial charge < -0.3 is 25.2 Å². The molecular weight excluding hydrogens is 272 g/mol. The summed E-state index contributed by atoms with van der Waals surface area (Å²) in [7, 11) is 0. The van der Waals surface area contributed by atoms with E-state index in [0.29, 0.717) is 30.9 Å². The molecule has 2 atom stereocenters. The Morgan fingerprint density at radius 3 is 2.95 bits per heavy atom. The van der Waals surface area contributed by atoms with E-state index >= 15 is 0 Å². The molecule has 0 saturated carbocycles. The molecule has 1 aliphatic rings. The largest absolute Gasteiger partial charge is 0.462 e. The number of nitrogens with two attached hydrogens (primary N) is 1. The number of anilines is 2. The number of morpholine rings is 1. The van der Waals surface area contributed by atoms with Crippen molar-refractivity contribution in [3.8, 4) is 0 Å². The standard InChI is InChI=1S/C15H22N2O4/c1-3-20-15(19)13-6-11(16)4-5-14(13)17-7-10(2)21-12(8-17)9-18/h4-6,10,12,18H,3,7-9,16H2,1-2H3. The third-order valence-corrected chi connectivity index (χ3v) is 3.39. The first-order chi connectivity index (χ1) is 10.0. The fraction of sp³-hybridized carbons (Fsp3) is 0.533. The van der Waals surface area contributed by atoms with E-state index < -0.39 is 0 Å². The summed E-state index contributed by atoms with van der Waals surface area (Å²) in [5.74, 6) is -0.389. The zero-order valence-electron chi connectivity index (χ0n) is 12.4. The number of aliphatic hydroxyl groups excluding tert-OH is 1. The van der Waals surface area contributed by atoms with E-state index in [1.807, 2.05) is 17.9 Å². The molecule has 0 aliphatic carbocycles. The second-order valence-corrected chi connectivity index (χ2v) is 5.15. The molecule has 2 rings (SSSR count). The van der Waals surface area contributed by atoms with Gasteiger partial charge in [0, 0.05) is 18.8 Å². The lowest BCUT2D eigenvalue weighted by Gasteiger charge is -2.38. The van der Waals surface area contributed by atoms with Gasteiger partial charge in [0.2, 0.25) is 0 Å². The molecular formula is C15H22N2O4. The topological polar surface area (TPSA) is 85.0 Å². The highest BCUT2D eigenvalue weighted by Gasteiger charge is 2.27. The van der Waals surface area contributed by atoms with Gasteiger partial charge in [-0.15, -0.1) is 0 Å². The SMILES string of the molecule is CCOC(=O)c1cc(N)ccc1N1CC(C)OC(CO)C1. The average Bonchev–Trinajstić information content (AvgIpc) is 2.46. The molecule has 1 aliphatic heterocycles. The van der Waals surface area contributed by atoms with Crippen LogP contribution in [-0.2, 0) is 9.47 Å². The first-order valence-corrected chi connectivity index (χ1v) is 7.13. The molecule has 1 aromatic carbocycles. The lowest BCUT2D eigenvalue weighted by atomic mass is 10.1. The van der Waals surface area contributed by atoms with Gasteiger partial charge in [0.15, 0.2) is 0 Å². The highest BCUT2D eigenvalue weighted by atomic mass is 16.5. The fourth-order valence-electron chi connectivity index (χ4n) is 2.54. The number of aliphatic hydroxyl groups is 1. The fourth-order valence-corrected chi connectivity index (χ4v) is 2.54. The van der Waals surface area contributed by atoms with Crippen LogP contribution >= 0.6 is 0 Å². The number of benzene rings is 1. The Balaban J connectivity index is 2.31. The smallest absolute Gasteiger partial charge is 0.340 e. The van der Waals surface area contributed by atoms with Gasteiger partial charge in [-0.2, -0.15) is 0 Å². The van der Waals surface area contributed by atoms with Crippen LogP contribution in [0.1, 0.15) is 24.2 Å². The van der Waals surface area contributed by atoms with Crippen LogP contribution in [0.2, 0.25) is 0 Å². The summed E-state index contributed by atoms with van der Waals surface area (Å²) in [5, 5.41) is 9.32. The summed E-state index contributed by atoms with van der Waals surface area (Å²) < 4.78 is 10.7. The van der Waals surface area contributed by atoms with E-state index in [2.05, 4.69) is 0 Å². The molecule has 2 unspecified atom stereocenters. The predicted molar refractivity (Wildman–Crippen MR) is 80.4 cm³/mol. The molecule has 0 bridgehead atoms. The summed E-state index contributed by atoms with van der Waals surface area (Å²) in [6.45, 7) is 5.14. The molecule has 1 saturated heterocycles. The van der Waals surface area contributed by atoms with Crippen molar-refractivity contribution in [3.05, 3.63) is 23.8 Å². The van der Waals surface area contributed by atoms with E-state index in [9.17, 15) is 9.90 Å². The number of esters is 1. The molecule has 0 aromatic heterocycles. The first-order valence-electron chi connectivity index (χ1n) is 7.13. The van der Waals surface area contributed by atoms with Gasteiger partial charge in [0.05, 0.1) is 36.7 Å². The molecule has 0 radical (unpaired) electrons. The molecule has 0 amide bonds. The second kappa shape index (κ2) is 6.78. The van der Waals surface area contributed by atoms with Crippen molar-refractivity contribution in [1.82, 2.24) is 0 Å². The van der Waals surface area contributed by atoms with Crippen molar-refractivity contribution in [2.24, 2.45) is 0 Å². The number of nitrogen functional groups attached to an aromatic ring is 1. The number of carbonyl (C=O) groups is 1. The van der Waals surface area contributed by atoms with E-state index in [4.69, 9.17) is 15.2 Å². The summed E-state index contributed by atoms with van der Waals surface area (Å²) >= 11 is 0. The Bertz CT molecular complexity index is 506. The molecule has 1 aromatic rings. The Hall–Kier alpha value is -1.79. The number of ether oxygens (including phenoxy) is 2. The van der Waals surface area contributed by atoms with Crippen molar-refractivity contribution < 1.29 is 19.4 Å². The summed E-state index contributed by atoms with van der Waals surface area (Å²) in [6.07, 6.45) is -0.287. The zero-order valence-corrected chi connectivity index (χ0v) is 12.4. The highest BCUT2D eigenvalue weighted by Crippen LogP contribution is 2.27. The Morgan fingerprint density at radius 1 is 1.52 bits per heavy atom. The van der Waals surface area contributed by atoms with Gasteiger partial charge in [-0.05, 0) is 32.0 Å². The van der Waals surface area contributed by atoms with Crippen LogP contribution in [0.4, 0.5) is 11.4 Å². The number of carbonyl (C=O) groups excluding carboxylic acids is 1. The van der Waals surface area contributed by atoms with E-state index in [1.54, 1.807) is 19.1 Å². The van der Waals surface area contributed by atoms with Gasteiger partial charge in [-0.25, -0.2) is 4.79 Å². The summed E-state index contributed by atoms with van der Waals surface area (Å²) in [6, 6.07) is 5.20. The lowest BCUT2D eigenvalue weighted by Crippen LogP contribution is -2.48. The van der Waals surface area contributed by atoms with Crippen LogP contribution < -0.4 is 10.6 Å². The summed E-state index contributed by atoms with van der Waals surface area (Å²) in [5.41, 5.74) is 7.50. The first kappa shape index (κ1) is 15.6. The average molecular weight is 294 g/mol. The molecule has 6 heteroatoms. The van der Waals surface area contributed by atoms with Gasteiger partial charge in [0.25, 0.3) is 0 Å². The number of rotatable bonds is 4. The molecule has 1 heterocycles. The summed E-state index contributed by atoms with van der Waals surface area (Å²) in [4.78, 5) is 14.1. The van der Waals surface area contributed by atoms with Crippen LogP contribution in [0.5, 0.6) is 0 Å². The normalized spacial score (nSPS) is 22.1. The van der Waals surface area contributed by atoms with Crippen molar-refractivity contribution in [3.63, 3.8) is 0 Å². The lowest BCUT2D eigenvalue weighted by molar-refractivity contribution is -0.0421. The Morgan fingerprint density at radius 2 is 2.29 bits per heavy atom. The molecule has 116 valence electrons. The highest BCUT2D eigenvalue weighted by molar-refractivity contribution is 5.97. The maximum atomic E-state index is 12.1. The zero-order chi connectivity index (χ0) is 15.4. The molecule has 21 heavy (non-hydrogen) atoms. The molecule has 0 spiro atoms. The van der Waals surface area contributed by atoms with Gasteiger partial charge in [0.1, 0.15) is 0 Å². The van der Waals surface area contributed by atoms with Crippen molar-refractivity contribution in [2.75, 3.05) is 36.9 Å². The van der Waals surface area contributed by atoms with Crippen molar-refractivity contribution in [1.29, 1.82) is 0 Å². The third-order valence-electron chi connectivity index (χ3n) is 3.39. The predicted octanol–water partition coefficient (Wildman–Crippen LogP) is 1.03. The molecule has 6 nitrogen and oxygen atoms in total. The second-order valence-electron chi connectivity index (χ2n) is 5.15. The maximum Gasteiger partial charge on any atom is 0.340 e. The van der Waals surface area contributed by atoms with E-state index in [0.717, 1.165) is 5.69 Å². The minimum atomic E-state index is -0.389. The minimum Gasteiger partial charge on any atom is -0.462 e. The monoisotopic (exact) mass is 294 g/mol. The van der Waals surface area contributed by atoms with E-state index in [-0.39, 0.29) is 24.8 Å². The maximum absolute atomic E-state index is 12.1. The van der Waals surface area contributed by atoms with Crippen LogP contribution in [0.3, 0.4) is 0 Å².